The van der Waals surface area contributed by atoms with E-state index in [-0.39, 0.29) is 11.9 Å². The molecule has 0 bridgehead atoms. The van der Waals surface area contributed by atoms with Gasteiger partial charge in [-0.2, -0.15) is 0 Å². The Morgan fingerprint density at radius 3 is 3.00 bits per heavy atom. The largest absolute Gasteiger partial charge is 0.391 e. The summed E-state index contributed by atoms with van der Waals surface area (Å²) < 4.78 is 0. The number of aryl methyl sites for hydroxylation is 1. The van der Waals surface area contributed by atoms with Crippen molar-refractivity contribution in [1.29, 1.82) is 0 Å². The molecule has 1 aliphatic heterocycles. The van der Waals surface area contributed by atoms with Crippen molar-refractivity contribution < 1.29 is 9.90 Å². The Hall–Kier alpha value is -1.69. The fourth-order valence-corrected chi connectivity index (χ4v) is 2.00. The summed E-state index contributed by atoms with van der Waals surface area (Å²) in [5.41, 5.74) is 6.47. The number of aliphatic hydroxyl groups is 1. The number of likely N-dealkylation sites (tertiary alicyclic amines) is 1. The molecule has 0 spiro atoms. The smallest absolute Gasteiger partial charge is 0.272 e. The van der Waals surface area contributed by atoms with E-state index in [9.17, 15) is 9.90 Å². The van der Waals surface area contributed by atoms with Crippen LogP contribution in [0.2, 0.25) is 0 Å². The van der Waals surface area contributed by atoms with E-state index in [0.29, 0.717) is 24.5 Å². The summed E-state index contributed by atoms with van der Waals surface area (Å²) >= 11 is 0. The van der Waals surface area contributed by atoms with Gasteiger partial charge in [0.2, 0.25) is 5.95 Å². The molecule has 0 aromatic carbocycles. The molecule has 0 radical (unpaired) electrons. The standard InChI is InChI=1S/C11H16N4O2/c1-7-5-9(14-11(12)13-7)10(17)15-4-2-3-8(16)6-15/h5,8,16H,2-4,6H2,1H3,(H2,12,13,14). The first-order valence-electron chi connectivity index (χ1n) is 5.65. The van der Waals surface area contributed by atoms with Crippen molar-refractivity contribution in [2.24, 2.45) is 0 Å². The molecule has 1 aromatic heterocycles. The number of nitrogens with two attached hydrogens (primary N) is 1. The van der Waals surface area contributed by atoms with Crippen molar-refractivity contribution in [1.82, 2.24) is 14.9 Å². The van der Waals surface area contributed by atoms with Gasteiger partial charge < -0.3 is 15.7 Å². The predicted octanol–water partition coefficient (Wildman–Crippen LogP) is -0.0359. The van der Waals surface area contributed by atoms with Gasteiger partial charge in [-0.05, 0) is 25.8 Å². The van der Waals surface area contributed by atoms with Gasteiger partial charge in [0.1, 0.15) is 5.69 Å². The Kier molecular flexibility index (Phi) is 3.23. The van der Waals surface area contributed by atoms with Crippen LogP contribution < -0.4 is 5.73 Å². The maximum absolute atomic E-state index is 12.1. The quantitative estimate of drug-likeness (QED) is 0.714. The van der Waals surface area contributed by atoms with Crippen molar-refractivity contribution in [2.75, 3.05) is 18.8 Å². The lowest BCUT2D eigenvalue weighted by Crippen LogP contribution is -2.42. The van der Waals surface area contributed by atoms with Gasteiger partial charge in [0.15, 0.2) is 0 Å². The SMILES string of the molecule is Cc1cc(C(=O)N2CCCC(O)C2)nc(N)n1. The van der Waals surface area contributed by atoms with Crippen LogP contribution in [0.15, 0.2) is 6.07 Å². The lowest BCUT2D eigenvalue weighted by molar-refractivity contribution is 0.0469. The third-order valence-electron chi connectivity index (χ3n) is 2.77. The first kappa shape index (κ1) is 11.8. The molecule has 0 saturated carbocycles. The molecule has 1 atom stereocenters. The zero-order valence-corrected chi connectivity index (χ0v) is 9.76. The lowest BCUT2D eigenvalue weighted by Gasteiger charge is -2.29. The van der Waals surface area contributed by atoms with Crippen LogP contribution in [0.1, 0.15) is 29.0 Å². The van der Waals surface area contributed by atoms with Crippen LogP contribution >= 0.6 is 0 Å². The molecule has 3 N–H and O–H groups in total. The number of hydrogen-bond donors (Lipinski definition) is 2. The fourth-order valence-electron chi connectivity index (χ4n) is 2.00. The maximum Gasteiger partial charge on any atom is 0.272 e. The van der Waals surface area contributed by atoms with Crippen LogP contribution in [0, 0.1) is 6.92 Å². The summed E-state index contributed by atoms with van der Waals surface area (Å²) in [7, 11) is 0. The minimum Gasteiger partial charge on any atom is -0.391 e. The van der Waals surface area contributed by atoms with Gasteiger partial charge in [-0.15, -0.1) is 0 Å². The molecule has 1 aliphatic rings. The lowest BCUT2D eigenvalue weighted by atomic mass is 10.1. The molecule has 2 rings (SSSR count). The highest BCUT2D eigenvalue weighted by atomic mass is 16.3. The molecule has 17 heavy (non-hydrogen) atoms. The average molecular weight is 236 g/mol. The molecule has 2 heterocycles. The van der Waals surface area contributed by atoms with Gasteiger partial charge in [-0.25, -0.2) is 9.97 Å². The summed E-state index contributed by atoms with van der Waals surface area (Å²) in [4.78, 5) is 21.6. The molecule has 1 unspecified atom stereocenters. The van der Waals surface area contributed by atoms with Crippen molar-refractivity contribution in [3.8, 4) is 0 Å². The minimum atomic E-state index is -0.437. The number of aromatic nitrogens is 2. The number of carbonyl (C=O) groups is 1. The van der Waals surface area contributed by atoms with E-state index in [0.717, 1.165) is 12.8 Å². The molecule has 92 valence electrons. The first-order chi connectivity index (χ1) is 8.06. The topological polar surface area (TPSA) is 92.3 Å². The monoisotopic (exact) mass is 236 g/mol. The summed E-state index contributed by atoms with van der Waals surface area (Å²) in [5, 5.41) is 9.53. The van der Waals surface area contributed by atoms with Crippen LogP contribution in [-0.4, -0.2) is 45.1 Å². The molecule has 0 aliphatic carbocycles. The van der Waals surface area contributed by atoms with Gasteiger partial charge in [0, 0.05) is 18.8 Å². The van der Waals surface area contributed by atoms with E-state index < -0.39 is 6.10 Å². The maximum atomic E-state index is 12.1. The van der Waals surface area contributed by atoms with Gasteiger partial charge in [-0.3, -0.25) is 4.79 Å². The molecule has 1 aromatic rings. The summed E-state index contributed by atoms with van der Waals surface area (Å²) in [6.07, 6.45) is 1.12. The highest BCUT2D eigenvalue weighted by Gasteiger charge is 2.24. The molecule has 1 saturated heterocycles. The Morgan fingerprint density at radius 2 is 2.35 bits per heavy atom. The number of carbonyl (C=O) groups excluding carboxylic acids is 1. The summed E-state index contributed by atoms with van der Waals surface area (Å²) in [6.45, 7) is 2.78. The number of rotatable bonds is 1. The van der Waals surface area contributed by atoms with Crippen molar-refractivity contribution in [2.45, 2.75) is 25.9 Å². The average Bonchev–Trinajstić information content (AvgIpc) is 2.26. The number of hydrogen-bond acceptors (Lipinski definition) is 5. The predicted molar refractivity (Wildman–Crippen MR) is 62.3 cm³/mol. The molecule has 1 fully saturated rings. The van der Waals surface area contributed by atoms with Gasteiger partial charge in [0.25, 0.3) is 5.91 Å². The van der Waals surface area contributed by atoms with E-state index >= 15 is 0 Å². The number of amides is 1. The van der Waals surface area contributed by atoms with Crippen LogP contribution in [0.4, 0.5) is 5.95 Å². The van der Waals surface area contributed by atoms with E-state index in [1.54, 1.807) is 17.9 Å². The van der Waals surface area contributed by atoms with Crippen molar-refractivity contribution >= 4 is 11.9 Å². The third-order valence-corrected chi connectivity index (χ3v) is 2.77. The van der Waals surface area contributed by atoms with Crippen LogP contribution in [0.5, 0.6) is 0 Å². The minimum absolute atomic E-state index is 0.103. The molecule has 1 amide bonds. The number of nitrogen functional groups attached to an aromatic ring is 1. The summed E-state index contributed by atoms with van der Waals surface area (Å²) in [6, 6.07) is 1.61. The Balaban J connectivity index is 2.18. The molecule has 6 heteroatoms. The van der Waals surface area contributed by atoms with Crippen molar-refractivity contribution in [3.63, 3.8) is 0 Å². The van der Waals surface area contributed by atoms with E-state index in [1.165, 1.54) is 0 Å². The van der Waals surface area contributed by atoms with Crippen LogP contribution in [-0.2, 0) is 0 Å². The third kappa shape index (κ3) is 2.71. The number of β-amino-alcohol motifs (C(OH)–C–C–N with tert-alkyl or cyclic N) is 1. The second-order valence-electron chi connectivity index (χ2n) is 4.30. The Bertz CT molecular complexity index is 415. The van der Waals surface area contributed by atoms with E-state index in [1.807, 2.05) is 0 Å². The van der Waals surface area contributed by atoms with Crippen LogP contribution in [0.3, 0.4) is 0 Å². The van der Waals surface area contributed by atoms with E-state index in [4.69, 9.17) is 5.73 Å². The molecular formula is C11H16N4O2. The van der Waals surface area contributed by atoms with Gasteiger partial charge in [-0.1, -0.05) is 0 Å². The number of aliphatic hydroxyl groups excluding tert-OH is 1. The zero-order valence-electron chi connectivity index (χ0n) is 9.76. The first-order valence-corrected chi connectivity index (χ1v) is 5.65. The molecular weight excluding hydrogens is 220 g/mol. The highest BCUT2D eigenvalue weighted by molar-refractivity contribution is 5.92. The highest BCUT2D eigenvalue weighted by Crippen LogP contribution is 2.13. The number of nitrogens with zero attached hydrogens (tertiary/aromatic N) is 3. The van der Waals surface area contributed by atoms with E-state index in [2.05, 4.69) is 9.97 Å². The van der Waals surface area contributed by atoms with Crippen LogP contribution in [0.25, 0.3) is 0 Å². The van der Waals surface area contributed by atoms with Gasteiger partial charge in [0.05, 0.1) is 6.10 Å². The summed E-state index contributed by atoms with van der Waals surface area (Å²) in [5.74, 6) is -0.0909. The number of anilines is 1. The molecule has 6 nitrogen and oxygen atoms in total. The van der Waals surface area contributed by atoms with Gasteiger partial charge >= 0.3 is 0 Å². The second kappa shape index (κ2) is 4.67. The number of piperidine rings is 1. The Labute approximate surface area is 99.5 Å². The fraction of sp³-hybridized carbons (Fsp3) is 0.545. The second-order valence-corrected chi connectivity index (χ2v) is 4.30. The Morgan fingerprint density at radius 1 is 1.59 bits per heavy atom. The normalized spacial score (nSPS) is 20.4. The van der Waals surface area contributed by atoms with Crippen molar-refractivity contribution in [3.05, 3.63) is 17.5 Å². The zero-order chi connectivity index (χ0) is 12.4.